The summed E-state index contributed by atoms with van der Waals surface area (Å²) in [6, 6.07) is 9.77. The molecule has 7 nitrogen and oxygen atoms in total. The van der Waals surface area contributed by atoms with Crippen LogP contribution in [0.5, 0.6) is 0 Å². The minimum Gasteiger partial charge on any atom is -0.297 e. The quantitative estimate of drug-likeness (QED) is 0.760. The van der Waals surface area contributed by atoms with Crippen LogP contribution in [0.4, 0.5) is 11.6 Å². The molecule has 7 heteroatoms. The van der Waals surface area contributed by atoms with E-state index in [2.05, 4.69) is 10.3 Å². The van der Waals surface area contributed by atoms with Gasteiger partial charge in [-0.2, -0.15) is 0 Å². The summed E-state index contributed by atoms with van der Waals surface area (Å²) < 4.78 is 1.64. The second-order valence-electron chi connectivity index (χ2n) is 4.96. The lowest BCUT2D eigenvalue weighted by atomic mass is 10.2. The Bertz CT molecular complexity index is 695. The van der Waals surface area contributed by atoms with Crippen molar-refractivity contribution in [3.63, 3.8) is 0 Å². The fraction of sp³-hybridized carbons (Fsp3) is 0.286. The highest BCUT2D eigenvalue weighted by molar-refractivity contribution is 6.13. The molecule has 108 valence electrons. The fourth-order valence-corrected chi connectivity index (χ4v) is 2.30. The van der Waals surface area contributed by atoms with Crippen molar-refractivity contribution in [3.05, 3.63) is 35.9 Å². The fourth-order valence-electron chi connectivity index (χ4n) is 2.30. The van der Waals surface area contributed by atoms with Gasteiger partial charge in [0.2, 0.25) is 17.6 Å². The minimum atomic E-state index is -0.280. The van der Waals surface area contributed by atoms with E-state index in [0.29, 0.717) is 18.2 Å². The van der Waals surface area contributed by atoms with Crippen molar-refractivity contribution in [2.24, 2.45) is 0 Å². The third-order valence-corrected chi connectivity index (χ3v) is 3.55. The van der Waals surface area contributed by atoms with E-state index in [1.165, 1.54) is 9.80 Å². The molecule has 3 rings (SSSR count). The number of benzene rings is 1. The molecule has 2 heterocycles. The van der Waals surface area contributed by atoms with Crippen LogP contribution in [0.2, 0.25) is 0 Å². The molecule has 21 heavy (non-hydrogen) atoms. The molecule has 0 radical (unpaired) electrons. The van der Waals surface area contributed by atoms with Crippen molar-refractivity contribution in [2.45, 2.75) is 13.0 Å². The molecule has 1 aliphatic heterocycles. The van der Waals surface area contributed by atoms with Gasteiger partial charge in [-0.3, -0.25) is 19.4 Å². The highest BCUT2D eigenvalue weighted by Gasteiger charge is 2.32. The zero-order chi connectivity index (χ0) is 15.0. The standard InChI is InChI=1S/C14H15N5O2/c1-17-11(20)8-12(21)18(2)14-13(17)15-16-19(14)9-10-6-4-3-5-7-10/h3-7H,8-9H2,1-2H3. The number of fused-ring (bicyclic) bond motifs is 1. The van der Waals surface area contributed by atoms with Gasteiger partial charge in [0, 0.05) is 14.1 Å². The first-order valence-corrected chi connectivity index (χ1v) is 6.58. The third kappa shape index (κ3) is 2.26. The Hall–Kier alpha value is -2.70. The van der Waals surface area contributed by atoms with Crippen molar-refractivity contribution >= 4 is 23.5 Å². The monoisotopic (exact) mass is 285 g/mol. The summed E-state index contributed by atoms with van der Waals surface area (Å²) in [7, 11) is 3.24. The molecule has 0 aliphatic carbocycles. The summed E-state index contributed by atoms with van der Waals surface area (Å²) in [5.41, 5.74) is 1.05. The largest absolute Gasteiger partial charge is 0.297 e. The molecule has 0 bridgehead atoms. The van der Waals surface area contributed by atoms with Crippen molar-refractivity contribution in [2.75, 3.05) is 23.9 Å². The Morgan fingerprint density at radius 1 is 1.05 bits per heavy atom. The number of hydrogen-bond acceptors (Lipinski definition) is 4. The van der Waals surface area contributed by atoms with Crippen molar-refractivity contribution in [1.82, 2.24) is 15.0 Å². The topological polar surface area (TPSA) is 71.3 Å². The maximum absolute atomic E-state index is 12.0. The third-order valence-electron chi connectivity index (χ3n) is 3.55. The SMILES string of the molecule is CN1C(=O)CC(=O)N(C)c2c1nnn2Cc1ccccc1. The average molecular weight is 285 g/mol. The number of carbonyl (C=O) groups is 2. The van der Waals surface area contributed by atoms with Crippen molar-refractivity contribution in [3.8, 4) is 0 Å². The smallest absolute Gasteiger partial charge is 0.237 e. The molecular weight excluding hydrogens is 270 g/mol. The Morgan fingerprint density at radius 2 is 1.71 bits per heavy atom. The summed E-state index contributed by atoms with van der Waals surface area (Å²) in [6.45, 7) is 0.489. The Morgan fingerprint density at radius 3 is 2.43 bits per heavy atom. The van der Waals surface area contributed by atoms with Gasteiger partial charge in [0.1, 0.15) is 6.42 Å². The molecule has 2 amide bonds. The van der Waals surface area contributed by atoms with Crippen molar-refractivity contribution < 1.29 is 9.59 Å². The highest BCUT2D eigenvalue weighted by atomic mass is 16.2. The Kier molecular flexibility index (Phi) is 3.17. The van der Waals surface area contributed by atoms with Gasteiger partial charge in [-0.25, -0.2) is 4.68 Å². The molecule has 0 saturated carbocycles. The van der Waals surface area contributed by atoms with Crippen LogP contribution < -0.4 is 9.80 Å². The number of carbonyl (C=O) groups excluding carboxylic acids is 2. The first kappa shape index (κ1) is 13.3. The van der Waals surface area contributed by atoms with E-state index in [-0.39, 0.29) is 18.2 Å². The van der Waals surface area contributed by atoms with Crippen LogP contribution in [-0.2, 0) is 16.1 Å². The van der Waals surface area contributed by atoms with E-state index >= 15 is 0 Å². The maximum atomic E-state index is 12.0. The first-order valence-electron chi connectivity index (χ1n) is 6.58. The van der Waals surface area contributed by atoms with Crippen LogP contribution in [0.3, 0.4) is 0 Å². The van der Waals surface area contributed by atoms with Gasteiger partial charge in [0.25, 0.3) is 0 Å². The lowest BCUT2D eigenvalue weighted by Gasteiger charge is -2.16. The van der Waals surface area contributed by atoms with Gasteiger partial charge in [0.05, 0.1) is 6.54 Å². The molecule has 1 aromatic heterocycles. The summed E-state index contributed by atoms with van der Waals surface area (Å²) in [5, 5.41) is 8.14. The normalized spacial score (nSPS) is 15.1. The molecule has 0 fully saturated rings. The van der Waals surface area contributed by atoms with E-state index < -0.39 is 0 Å². The number of aromatic nitrogens is 3. The van der Waals surface area contributed by atoms with Crippen LogP contribution in [-0.4, -0.2) is 40.9 Å². The maximum Gasteiger partial charge on any atom is 0.237 e. The number of anilines is 2. The van der Waals surface area contributed by atoms with E-state index in [0.717, 1.165) is 5.56 Å². The summed E-state index contributed by atoms with van der Waals surface area (Å²) in [5.74, 6) is 0.404. The summed E-state index contributed by atoms with van der Waals surface area (Å²) in [6.07, 6.45) is -0.158. The minimum absolute atomic E-state index is 0.158. The van der Waals surface area contributed by atoms with Crippen LogP contribution in [0, 0.1) is 0 Å². The summed E-state index contributed by atoms with van der Waals surface area (Å²) >= 11 is 0. The van der Waals surface area contributed by atoms with E-state index in [1.54, 1.807) is 18.8 Å². The zero-order valence-corrected chi connectivity index (χ0v) is 11.9. The van der Waals surface area contributed by atoms with Gasteiger partial charge in [-0.05, 0) is 5.56 Å². The number of rotatable bonds is 2. The zero-order valence-electron chi connectivity index (χ0n) is 11.9. The van der Waals surface area contributed by atoms with E-state index in [4.69, 9.17) is 0 Å². The van der Waals surface area contributed by atoms with E-state index in [1.807, 2.05) is 30.3 Å². The van der Waals surface area contributed by atoms with Gasteiger partial charge < -0.3 is 0 Å². The average Bonchev–Trinajstić information content (AvgIpc) is 2.86. The molecule has 0 spiro atoms. The first-order chi connectivity index (χ1) is 10.1. The molecule has 1 aliphatic rings. The number of amides is 2. The lowest BCUT2D eigenvalue weighted by Crippen LogP contribution is -2.30. The molecular formula is C14H15N5O2. The second kappa shape index (κ2) is 5.01. The van der Waals surface area contributed by atoms with Crippen LogP contribution in [0.25, 0.3) is 0 Å². The molecule has 0 atom stereocenters. The molecule has 0 N–H and O–H groups in total. The lowest BCUT2D eigenvalue weighted by molar-refractivity contribution is -0.125. The molecule has 2 aromatic rings. The number of hydrogen-bond donors (Lipinski definition) is 0. The predicted molar refractivity (Wildman–Crippen MR) is 77.0 cm³/mol. The number of nitrogens with zero attached hydrogens (tertiary/aromatic N) is 5. The molecule has 0 saturated heterocycles. The van der Waals surface area contributed by atoms with E-state index in [9.17, 15) is 9.59 Å². The second-order valence-corrected chi connectivity index (χ2v) is 4.96. The highest BCUT2D eigenvalue weighted by Crippen LogP contribution is 2.29. The van der Waals surface area contributed by atoms with Crippen molar-refractivity contribution in [1.29, 1.82) is 0 Å². The van der Waals surface area contributed by atoms with Crippen LogP contribution >= 0.6 is 0 Å². The predicted octanol–water partition coefficient (Wildman–Crippen LogP) is 0.656. The van der Waals surface area contributed by atoms with Gasteiger partial charge in [-0.1, -0.05) is 35.5 Å². The van der Waals surface area contributed by atoms with Gasteiger partial charge in [-0.15, -0.1) is 5.10 Å². The Labute approximate surface area is 121 Å². The van der Waals surface area contributed by atoms with Gasteiger partial charge >= 0.3 is 0 Å². The molecule has 1 aromatic carbocycles. The molecule has 0 unspecified atom stereocenters. The summed E-state index contributed by atoms with van der Waals surface area (Å²) in [4.78, 5) is 26.8. The van der Waals surface area contributed by atoms with Crippen LogP contribution in [0.1, 0.15) is 12.0 Å². The Balaban J connectivity index is 2.04. The van der Waals surface area contributed by atoms with Gasteiger partial charge in [0.15, 0.2) is 5.82 Å². The van der Waals surface area contributed by atoms with Crippen LogP contribution in [0.15, 0.2) is 30.3 Å².